The smallest absolute Gasteiger partial charge is 0.264 e. The maximum atomic E-state index is 12.9. The second-order valence-electron chi connectivity index (χ2n) is 7.08. The van der Waals surface area contributed by atoms with Gasteiger partial charge in [0.15, 0.2) is 0 Å². The molecule has 1 aromatic carbocycles. The third kappa shape index (κ3) is 5.81. The summed E-state index contributed by atoms with van der Waals surface area (Å²) in [5.41, 5.74) is 2.70. The highest BCUT2D eigenvalue weighted by Gasteiger charge is 2.19. The van der Waals surface area contributed by atoms with E-state index in [-0.39, 0.29) is 17.7 Å². The molecule has 0 fully saturated rings. The molecule has 6 nitrogen and oxygen atoms in total. The summed E-state index contributed by atoms with van der Waals surface area (Å²) in [6.45, 7) is 5.09. The van der Waals surface area contributed by atoms with E-state index in [4.69, 9.17) is 4.74 Å². The number of methoxy groups -OCH3 is 1. The van der Waals surface area contributed by atoms with Gasteiger partial charge in [0.1, 0.15) is 0 Å². The first-order valence-corrected chi connectivity index (χ1v) is 10.1. The first kappa shape index (κ1) is 21.9. The Labute approximate surface area is 171 Å². The van der Waals surface area contributed by atoms with Crippen molar-refractivity contribution < 1.29 is 14.3 Å². The molecular weight excluding hydrogens is 374 g/mol. The molecule has 0 aliphatic carbocycles. The second kappa shape index (κ2) is 10.2. The van der Waals surface area contributed by atoms with Gasteiger partial charge in [0, 0.05) is 51.6 Å². The van der Waals surface area contributed by atoms with E-state index in [1.807, 2.05) is 68.6 Å². The Morgan fingerprint density at radius 3 is 2.54 bits per heavy atom. The number of amides is 2. The van der Waals surface area contributed by atoms with Gasteiger partial charge in [-0.25, -0.2) is 0 Å². The van der Waals surface area contributed by atoms with E-state index in [1.165, 1.54) is 11.3 Å². The van der Waals surface area contributed by atoms with Crippen molar-refractivity contribution in [2.24, 2.45) is 5.92 Å². The van der Waals surface area contributed by atoms with Crippen molar-refractivity contribution in [2.45, 2.75) is 20.4 Å². The molecule has 0 aliphatic heterocycles. The summed E-state index contributed by atoms with van der Waals surface area (Å²) in [5.74, 6) is -0.154. The number of rotatable bonds is 9. The normalized spacial score (nSPS) is 10.8. The number of nitrogens with one attached hydrogen (secondary N) is 1. The zero-order chi connectivity index (χ0) is 20.7. The van der Waals surface area contributed by atoms with Crippen molar-refractivity contribution in [3.63, 3.8) is 0 Å². The largest absolute Gasteiger partial charge is 0.383 e. The van der Waals surface area contributed by atoms with E-state index in [9.17, 15) is 9.59 Å². The number of benzene rings is 1. The minimum Gasteiger partial charge on any atom is -0.383 e. The van der Waals surface area contributed by atoms with Crippen molar-refractivity contribution >= 4 is 34.5 Å². The highest BCUT2D eigenvalue weighted by Crippen LogP contribution is 2.26. The number of ether oxygens (including phenoxy) is 1. The topological polar surface area (TPSA) is 61.9 Å². The van der Waals surface area contributed by atoms with Gasteiger partial charge < -0.3 is 19.9 Å². The van der Waals surface area contributed by atoms with Gasteiger partial charge >= 0.3 is 0 Å². The Balaban J connectivity index is 2.32. The van der Waals surface area contributed by atoms with Gasteiger partial charge in [-0.1, -0.05) is 19.9 Å². The van der Waals surface area contributed by atoms with Crippen molar-refractivity contribution in [3.05, 3.63) is 46.2 Å². The number of carbonyl (C=O) groups excluding carboxylic acids is 2. The average Bonchev–Trinajstić information content (AvgIpc) is 3.19. The maximum absolute atomic E-state index is 12.9. The van der Waals surface area contributed by atoms with Crippen molar-refractivity contribution in [1.82, 2.24) is 4.90 Å². The number of anilines is 2. The molecule has 1 aromatic heterocycles. The standard InChI is InChI=1S/C21H29N3O3S/c1-15(2)20(25)22-17-8-9-18(23(3)4)16(13-17)14-24(10-11-27-5)21(26)19-7-6-12-28-19/h6-9,12-13,15H,10-11,14H2,1-5H3,(H,22,25). The molecule has 0 spiro atoms. The van der Waals surface area contributed by atoms with E-state index in [2.05, 4.69) is 5.32 Å². The highest BCUT2D eigenvalue weighted by molar-refractivity contribution is 7.12. The molecule has 28 heavy (non-hydrogen) atoms. The number of hydrogen-bond donors (Lipinski definition) is 1. The van der Waals surface area contributed by atoms with Crippen LogP contribution in [0, 0.1) is 5.92 Å². The second-order valence-corrected chi connectivity index (χ2v) is 8.03. The van der Waals surface area contributed by atoms with Crippen LogP contribution in [0.2, 0.25) is 0 Å². The molecule has 1 N–H and O–H groups in total. The lowest BCUT2D eigenvalue weighted by Crippen LogP contribution is -2.33. The Kier molecular flexibility index (Phi) is 8.02. The van der Waals surface area contributed by atoms with Crippen LogP contribution in [0.4, 0.5) is 11.4 Å². The Morgan fingerprint density at radius 2 is 1.96 bits per heavy atom. The maximum Gasteiger partial charge on any atom is 0.264 e. The molecule has 0 aliphatic rings. The van der Waals surface area contributed by atoms with Gasteiger partial charge in [0.05, 0.1) is 11.5 Å². The van der Waals surface area contributed by atoms with Gasteiger partial charge in [-0.2, -0.15) is 0 Å². The molecule has 7 heteroatoms. The van der Waals surface area contributed by atoms with Crippen molar-refractivity contribution in [3.8, 4) is 0 Å². The lowest BCUT2D eigenvalue weighted by molar-refractivity contribution is -0.118. The zero-order valence-electron chi connectivity index (χ0n) is 17.2. The molecule has 1 heterocycles. The molecular formula is C21H29N3O3S. The average molecular weight is 404 g/mol. The minimum atomic E-state index is -0.101. The van der Waals surface area contributed by atoms with Gasteiger partial charge in [-0.05, 0) is 35.2 Å². The Hall–Kier alpha value is -2.38. The molecule has 0 atom stereocenters. The summed E-state index contributed by atoms with van der Waals surface area (Å²) in [6.07, 6.45) is 0. The number of carbonyl (C=O) groups is 2. The molecule has 0 unspecified atom stereocenters. The molecule has 2 aromatic rings. The van der Waals surface area contributed by atoms with Gasteiger partial charge in [-0.3, -0.25) is 9.59 Å². The summed E-state index contributed by atoms with van der Waals surface area (Å²) in [6, 6.07) is 9.50. The number of nitrogens with zero attached hydrogens (tertiary/aromatic N) is 2. The summed E-state index contributed by atoms with van der Waals surface area (Å²) in [5, 5.41) is 4.84. The van der Waals surface area contributed by atoms with Crippen LogP contribution in [-0.2, 0) is 16.1 Å². The quantitative estimate of drug-likeness (QED) is 0.694. The first-order chi connectivity index (χ1) is 13.3. The van der Waals surface area contributed by atoms with Crippen molar-refractivity contribution in [2.75, 3.05) is 44.6 Å². The molecule has 152 valence electrons. The van der Waals surface area contributed by atoms with Crippen LogP contribution in [0.15, 0.2) is 35.7 Å². The third-order valence-electron chi connectivity index (χ3n) is 4.30. The molecule has 0 saturated heterocycles. The van der Waals surface area contributed by atoms with Gasteiger partial charge in [0.25, 0.3) is 5.91 Å². The van der Waals surface area contributed by atoms with E-state index >= 15 is 0 Å². The zero-order valence-corrected chi connectivity index (χ0v) is 18.0. The molecule has 0 radical (unpaired) electrons. The minimum absolute atomic E-state index is 0.0200. The third-order valence-corrected chi connectivity index (χ3v) is 5.16. The number of hydrogen-bond acceptors (Lipinski definition) is 5. The summed E-state index contributed by atoms with van der Waals surface area (Å²) < 4.78 is 5.20. The van der Waals surface area contributed by atoms with Gasteiger partial charge in [0.2, 0.25) is 5.91 Å². The van der Waals surface area contributed by atoms with Crippen LogP contribution in [0.1, 0.15) is 29.1 Å². The fourth-order valence-electron chi connectivity index (χ4n) is 2.73. The van der Waals surface area contributed by atoms with Crippen molar-refractivity contribution in [1.29, 1.82) is 0 Å². The van der Waals surface area contributed by atoms with Crippen LogP contribution < -0.4 is 10.2 Å². The number of thiophene rings is 1. The molecule has 0 bridgehead atoms. The highest BCUT2D eigenvalue weighted by atomic mass is 32.1. The van der Waals surface area contributed by atoms with E-state index in [1.54, 1.807) is 12.0 Å². The van der Waals surface area contributed by atoms with Crippen LogP contribution in [0.5, 0.6) is 0 Å². The molecule has 0 saturated carbocycles. The van der Waals surface area contributed by atoms with E-state index in [0.717, 1.165) is 16.9 Å². The first-order valence-electron chi connectivity index (χ1n) is 9.26. The van der Waals surface area contributed by atoms with Crippen LogP contribution >= 0.6 is 11.3 Å². The lowest BCUT2D eigenvalue weighted by atomic mass is 10.1. The SMILES string of the molecule is COCCN(Cc1cc(NC(=O)C(C)C)ccc1N(C)C)C(=O)c1cccs1. The Bertz CT molecular complexity index is 788. The van der Waals surface area contributed by atoms with Crippen LogP contribution in [-0.4, -0.2) is 51.1 Å². The Morgan fingerprint density at radius 1 is 1.21 bits per heavy atom. The molecule has 2 amide bonds. The van der Waals surface area contributed by atoms with Crippen LogP contribution in [0.3, 0.4) is 0 Å². The van der Waals surface area contributed by atoms with Crippen LogP contribution in [0.25, 0.3) is 0 Å². The summed E-state index contributed by atoms with van der Waals surface area (Å²) in [4.78, 5) is 29.5. The lowest BCUT2D eigenvalue weighted by Gasteiger charge is -2.26. The summed E-state index contributed by atoms with van der Waals surface area (Å²) in [7, 11) is 5.55. The fraction of sp³-hybridized carbons (Fsp3) is 0.429. The fourth-order valence-corrected chi connectivity index (χ4v) is 3.42. The monoisotopic (exact) mass is 403 g/mol. The summed E-state index contributed by atoms with van der Waals surface area (Å²) >= 11 is 1.43. The van der Waals surface area contributed by atoms with Gasteiger partial charge in [-0.15, -0.1) is 11.3 Å². The predicted molar refractivity (Wildman–Crippen MR) is 115 cm³/mol. The predicted octanol–water partition coefficient (Wildman–Crippen LogP) is 3.70. The van der Waals surface area contributed by atoms with E-state index < -0.39 is 0 Å². The molecule has 2 rings (SSSR count). The van der Waals surface area contributed by atoms with E-state index in [0.29, 0.717) is 24.6 Å².